The van der Waals surface area contributed by atoms with Crippen molar-refractivity contribution in [1.29, 1.82) is 0 Å². The van der Waals surface area contributed by atoms with Gasteiger partial charge in [-0.3, -0.25) is 9.80 Å². The van der Waals surface area contributed by atoms with Crippen molar-refractivity contribution in [3.63, 3.8) is 0 Å². The van der Waals surface area contributed by atoms with Gasteiger partial charge in [-0.05, 0) is 68.8 Å². The molecule has 3 fully saturated rings. The third-order valence-electron chi connectivity index (χ3n) is 8.01. The number of aliphatic hydroxyl groups is 1. The molecule has 160 valence electrons. The molecule has 3 saturated heterocycles. The Labute approximate surface area is 176 Å². The lowest BCUT2D eigenvalue weighted by Gasteiger charge is -2.47. The molecule has 0 bridgehead atoms. The van der Waals surface area contributed by atoms with Gasteiger partial charge in [0, 0.05) is 70.1 Å². The maximum absolute atomic E-state index is 10.9. The van der Waals surface area contributed by atoms with Crippen LogP contribution in [0.3, 0.4) is 0 Å². The van der Waals surface area contributed by atoms with E-state index in [1.54, 1.807) is 11.1 Å². The maximum Gasteiger partial charge on any atom is 0.0822 e. The number of anilines is 1. The molecule has 1 N–H and O–H groups in total. The van der Waals surface area contributed by atoms with Gasteiger partial charge < -0.3 is 14.9 Å². The van der Waals surface area contributed by atoms with E-state index in [9.17, 15) is 5.11 Å². The smallest absolute Gasteiger partial charge is 0.0822 e. The first-order valence-electron chi connectivity index (χ1n) is 11.9. The topological polar surface area (TPSA) is 33.2 Å². The number of piperidine rings is 2. The third kappa shape index (κ3) is 4.20. The van der Waals surface area contributed by atoms with E-state index in [1.165, 1.54) is 37.8 Å². The molecule has 5 nitrogen and oxygen atoms in total. The second kappa shape index (κ2) is 8.54. The minimum atomic E-state index is -0.193. The lowest BCUT2D eigenvalue weighted by atomic mass is 9.94. The SMILES string of the molecule is CN1CCN([C@@H]2CCN(C3CCN(c4ccc5c(c4)CCC5)CC3)C[C@H]2O)CC1. The molecule has 5 rings (SSSR count). The van der Waals surface area contributed by atoms with E-state index in [0.717, 1.165) is 58.8 Å². The summed E-state index contributed by atoms with van der Waals surface area (Å²) >= 11 is 0. The second-order valence-corrected chi connectivity index (χ2v) is 9.78. The zero-order chi connectivity index (χ0) is 19.8. The van der Waals surface area contributed by atoms with Gasteiger partial charge in [0.05, 0.1) is 6.10 Å². The van der Waals surface area contributed by atoms with E-state index in [-0.39, 0.29) is 6.10 Å². The van der Waals surface area contributed by atoms with Crippen LogP contribution in [-0.4, -0.2) is 97.4 Å². The minimum Gasteiger partial charge on any atom is -0.390 e. The van der Waals surface area contributed by atoms with Crippen LogP contribution in [0.5, 0.6) is 0 Å². The molecule has 1 aliphatic carbocycles. The summed E-state index contributed by atoms with van der Waals surface area (Å²) in [5.41, 5.74) is 4.58. The summed E-state index contributed by atoms with van der Waals surface area (Å²) < 4.78 is 0. The summed E-state index contributed by atoms with van der Waals surface area (Å²) in [5.74, 6) is 0. The normalized spacial score (nSPS) is 30.6. The average Bonchev–Trinajstić information content (AvgIpc) is 3.22. The van der Waals surface area contributed by atoms with Gasteiger partial charge in [-0.2, -0.15) is 0 Å². The number of piperazine rings is 1. The molecule has 0 radical (unpaired) electrons. The lowest BCUT2D eigenvalue weighted by molar-refractivity contribution is -0.0396. The molecule has 0 aromatic heterocycles. The summed E-state index contributed by atoms with van der Waals surface area (Å²) in [6.45, 7) is 8.80. The molecular weight excluding hydrogens is 360 g/mol. The maximum atomic E-state index is 10.9. The van der Waals surface area contributed by atoms with E-state index >= 15 is 0 Å². The van der Waals surface area contributed by atoms with Gasteiger partial charge in [0.1, 0.15) is 0 Å². The van der Waals surface area contributed by atoms with Crippen molar-refractivity contribution >= 4 is 5.69 Å². The molecule has 3 aliphatic heterocycles. The quantitative estimate of drug-likeness (QED) is 0.840. The predicted molar refractivity (Wildman–Crippen MR) is 119 cm³/mol. The van der Waals surface area contributed by atoms with Crippen LogP contribution < -0.4 is 4.90 Å². The van der Waals surface area contributed by atoms with Crippen molar-refractivity contribution in [3.8, 4) is 0 Å². The minimum absolute atomic E-state index is 0.193. The Morgan fingerprint density at radius 2 is 1.59 bits per heavy atom. The molecule has 0 saturated carbocycles. The van der Waals surface area contributed by atoms with Crippen LogP contribution in [0.1, 0.15) is 36.8 Å². The van der Waals surface area contributed by atoms with Gasteiger partial charge in [-0.15, -0.1) is 0 Å². The van der Waals surface area contributed by atoms with Crippen molar-refractivity contribution in [1.82, 2.24) is 14.7 Å². The van der Waals surface area contributed by atoms with Crippen LogP contribution in [0.4, 0.5) is 5.69 Å². The Hall–Kier alpha value is -1.14. The summed E-state index contributed by atoms with van der Waals surface area (Å²) in [7, 11) is 2.20. The Kier molecular flexibility index (Phi) is 5.83. The van der Waals surface area contributed by atoms with Crippen LogP contribution in [0, 0.1) is 0 Å². The number of likely N-dealkylation sites (tertiary alicyclic amines) is 1. The van der Waals surface area contributed by atoms with Gasteiger partial charge in [-0.1, -0.05) is 6.07 Å². The second-order valence-electron chi connectivity index (χ2n) is 9.78. The van der Waals surface area contributed by atoms with Gasteiger partial charge >= 0.3 is 0 Å². The fraction of sp³-hybridized carbons (Fsp3) is 0.750. The van der Waals surface area contributed by atoms with Crippen LogP contribution in [-0.2, 0) is 12.8 Å². The van der Waals surface area contributed by atoms with Crippen LogP contribution >= 0.6 is 0 Å². The Bertz CT molecular complexity index is 694. The summed E-state index contributed by atoms with van der Waals surface area (Å²) in [6, 6.07) is 8.17. The zero-order valence-electron chi connectivity index (χ0n) is 18.1. The van der Waals surface area contributed by atoms with Crippen molar-refractivity contribution in [2.45, 2.75) is 56.7 Å². The molecule has 4 aliphatic rings. The molecule has 5 heteroatoms. The third-order valence-corrected chi connectivity index (χ3v) is 8.01. The van der Waals surface area contributed by atoms with Crippen molar-refractivity contribution in [2.24, 2.45) is 0 Å². The number of β-amino-alcohol motifs (C(OH)–C–C–N with tert-alkyl or cyclic N) is 1. The highest BCUT2D eigenvalue weighted by Gasteiger charge is 2.36. The molecule has 1 aromatic carbocycles. The molecule has 3 heterocycles. The van der Waals surface area contributed by atoms with Gasteiger partial charge in [0.2, 0.25) is 0 Å². The highest BCUT2D eigenvalue weighted by Crippen LogP contribution is 2.30. The van der Waals surface area contributed by atoms with Crippen molar-refractivity contribution in [3.05, 3.63) is 29.3 Å². The van der Waals surface area contributed by atoms with Crippen LogP contribution in [0.15, 0.2) is 18.2 Å². The van der Waals surface area contributed by atoms with E-state index in [0.29, 0.717) is 12.1 Å². The van der Waals surface area contributed by atoms with E-state index in [4.69, 9.17) is 0 Å². The fourth-order valence-corrected chi connectivity index (χ4v) is 6.10. The molecule has 0 amide bonds. The highest BCUT2D eigenvalue weighted by molar-refractivity contribution is 5.52. The largest absolute Gasteiger partial charge is 0.390 e. The van der Waals surface area contributed by atoms with Crippen molar-refractivity contribution in [2.75, 3.05) is 64.3 Å². The number of benzene rings is 1. The van der Waals surface area contributed by atoms with Gasteiger partial charge in [0.15, 0.2) is 0 Å². The molecule has 0 unspecified atom stereocenters. The summed E-state index contributed by atoms with van der Waals surface area (Å²) in [6.07, 6.45) is 7.24. The standard InChI is InChI=1S/C24H38N4O/c1-25-13-15-27(16-14-25)23-9-12-28(18-24(23)29)21-7-10-26(11-8-21)22-6-5-19-3-2-4-20(19)17-22/h5-6,17,21,23-24,29H,2-4,7-16,18H2,1H3/t23-,24-/m1/s1. The number of rotatable bonds is 3. The van der Waals surface area contributed by atoms with Crippen LogP contribution in [0.25, 0.3) is 0 Å². The number of fused-ring (bicyclic) bond motifs is 1. The predicted octanol–water partition coefficient (Wildman–Crippen LogP) is 1.83. The zero-order valence-corrected chi connectivity index (χ0v) is 18.1. The Balaban J connectivity index is 1.13. The van der Waals surface area contributed by atoms with Crippen molar-refractivity contribution < 1.29 is 5.11 Å². The highest BCUT2D eigenvalue weighted by atomic mass is 16.3. The van der Waals surface area contributed by atoms with Crippen LogP contribution in [0.2, 0.25) is 0 Å². The lowest BCUT2D eigenvalue weighted by Crippen LogP contribution is -2.60. The number of aliphatic hydroxyl groups excluding tert-OH is 1. The average molecular weight is 399 g/mol. The van der Waals surface area contributed by atoms with Gasteiger partial charge in [-0.25, -0.2) is 0 Å². The number of nitrogens with zero attached hydrogens (tertiary/aromatic N) is 4. The molecular formula is C24H38N4O. The number of hydrogen-bond acceptors (Lipinski definition) is 5. The summed E-state index contributed by atoms with van der Waals surface area (Å²) in [5, 5.41) is 10.9. The first-order valence-corrected chi connectivity index (χ1v) is 11.9. The Morgan fingerprint density at radius 3 is 2.34 bits per heavy atom. The first kappa shape index (κ1) is 19.8. The molecule has 2 atom stereocenters. The number of aryl methyl sites for hydroxylation is 2. The van der Waals surface area contributed by atoms with Gasteiger partial charge in [0.25, 0.3) is 0 Å². The number of hydrogen-bond donors (Lipinski definition) is 1. The molecule has 29 heavy (non-hydrogen) atoms. The van der Waals surface area contributed by atoms with E-state index < -0.39 is 0 Å². The van der Waals surface area contributed by atoms with E-state index in [1.807, 2.05) is 0 Å². The summed E-state index contributed by atoms with van der Waals surface area (Å²) in [4.78, 5) is 10.1. The fourth-order valence-electron chi connectivity index (χ4n) is 6.10. The monoisotopic (exact) mass is 398 g/mol. The molecule has 1 aromatic rings. The van der Waals surface area contributed by atoms with E-state index in [2.05, 4.69) is 44.8 Å². The number of likely N-dealkylation sites (N-methyl/N-ethyl adjacent to an activating group) is 1. The first-order chi connectivity index (χ1) is 14.2. The Morgan fingerprint density at radius 1 is 0.828 bits per heavy atom. The molecule has 0 spiro atoms.